The van der Waals surface area contributed by atoms with E-state index in [0.29, 0.717) is 30.9 Å². The summed E-state index contributed by atoms with van der Waals surface area (Å²) in [5.41, 5.74) is 0.832. The molecule has 1 saturated carbocycles. The zero-order valence-corrected chi connectivity index (χ0v) is 20.8. The topological polar surface area (TPSA) is 88.2 Å². The number of hydrogen-bond acceptors (Lipinski definition) is 6. The van der Waals surface area contributed by atoms with E-state index in [2.05, 4.69) is 29.4 Å². The third-order valence-electron chi connectivity index (χ3n) is 8.53. The van der Waals surface area contributed by atoms with Crippen molar-refractivity contribution in [3.05, 3.63) is 35.4 Å². The third-order valence-corrected chi connectivity index (χ3v) is 8.53. The van der Waals surface area contributed by atoms with Crippen molar-refractivity contribution in [3.63, 3.8) is 0 Å². The number of ketones is 1. The van der Waals surface area contributed by atoms with Gasteiger partial charge in [-0.25, -0.2) is 0 Å². The first-order valence-electron chi connectivity index (χ1n) is 13.0. The van der Waals surface area contributed by atoms with Crippen LogP contribution in [-0.4, -0.2) is 91.6 Å². The van der Waals surface area contributed by atoms with Crippen molar-refractivity contribution >= 4 is 17.6 Å². The predicted octanol–water partition coefficient (Wildman–Crippen LogP) is 2.12. The van der Waals surface area contributed by atoms with Crippen molar-refractivity contribution in [2.45, 2.75) is 74.7 Å². The molecule has 35 heavy (non-hydrogen) atoms. The number of Topliss-reactive ketones (excluding diaryl/α,β-unsaturated/α-hetero) is 1. The molecule has 0 spiro atoms. The van der Waals surface area contributed by atoms with Crippen LogP contribution in [0.3, 0.4) is 0 Å². The molecule has 0 unspecified atom stereocenters. The first-order valence-corrected chi connectivity index (χ1v) is 13.0. The maximum atomic E-state index is 14.0. The van der Waals surface area contributed by atoms with Crippen molar-refractivity contribution in [2.24, 2.45) is 0 Å². The highest BCUT2D eigenvalue weighted by molar-refractivity contribution is 6.01. The van der Waals surface area contributed by atoms with Crippen LogP contribution in [-0.2, 0) is 19.1 Å². The van der Waals surface area contributed by atoms with Gasteiger partial charge in [0.15, 0.2) is 5.78 Å². The Kier molecular flexibility index (Phi) is 6.97. The van der Waals surface area contributed by atoms with Gasteiger partial charge in [0.1, 0.15) is 30.4 Å². The average Bonchev–Trinajstić information content (AvgIpc) is 3.45. The largest absolute Gasteiger partial charge is 0.377 e. The predicted molar refractivity (Wildman–Crippen MR) is 130 cm³/mol. The molecule has 2 amide bonds. The van der Waals surface area contributed by atoms with Gasteiger partial charge in [0.2, 0.25) is 5.91 Å². The van der Waals surface area contributed by atoms with Crippen molar-refractivity contribution in [2.75, 3.05) is 40.4 Å². The van der Waals surface area contributed by atoms with Gasteiger partial charge in [-0.3, -0.25) is 14.4 Å². The van der Waals surface area contributed by atoms with Gasteiger partial charge in [0, 0.05) is 12.7 Å². The SMILES string of the molecule is CO[C@@H]1CN(C(=O)C2(NC(=O)c3ccc(C4CCN(C)CC4)cc3)CCCCC2)[C@@H]2C(=O)CO[C@@H]21. The minimum atomic E-state index is -1.00. The summed E-state index contributed by atoms with van der Waals surface area (Å²) in [5, 5.41) is 3.13. The molecular weight excluding hydrogens is 446 g/mol. The Labute approximate surface area is 207 Å². The lowest BCUT2D eigenvalue weighted by Crippen LogP contribution is -2.62. The fourth-order valence-corrected chi connectivity index (χ4v) is 6.39. The second-order valence-corrected chi connectivity index (χ2v) is 10.7. The van der Waals surface area contributed by atoms with Crippen LogP contribution in [0.5, 0.6) is 0 Å². The molecule has 5 rings (SSSR count). The lowest BCUT2D eigenvalue weighted by Gasteiger charge is -2.40. The number of nitrogens with one attached hydrogen (secondary N) is 1. The zero-order chi connectivity index (χ0) is 24.6. The third kappa shape index (κ3) is 4.63. The molecule has 1 aliphatic carbocycles. The number of amides is 2. The highest BCUT2D eigenvalue weighted by atomic mass is 16.5. The molecule has 3 heterocycles. The first kappa shape index (κ1) is 24.4. The molecule has 3 saturated heterocycles. The summed E-state index contributed by atoms with van der Waals surface area (Å²) in [5.74, 6) is 0.0207. The van der Waals surface area contributed by atoms with Crippen LogP contribution in [0.25, 0.3) is 0 Å². The molecule has 4 aliphatic rings. The quantitative estimate of drug-likeness (QED) is 0.690. The van der Waals surface area contributed by atoms with Crippen molar-refractivity contribution in [1.82, 2.24) is 15.1 Å². The minimum absolute atomic E-state index is 0.00195. The van der Waals surface area contributed by atoms with Gasteiger partial charge in [-0.15, -0.1) is 0 Å². The molecule has 0 bridgehead atoms. The lowest BCUT2D eigenvalue weighted by molar-refractivity contribution is -0.143. The molecular formula is C27H37N3O5. The second kappa shape index (κ2) is 9.99. The lowest BCUT2D eigenvalue weighted by atomic mass is 9.80. The van der Waals surface area contributed by atoms with Crippen LogP contribution in [0.2, 0.25) is 0 Å². The Balaban J connectivity index is 1.33. The Morgan fingerprint density at radius 3 is 2.43 bits per heavy atom. The number of ether oxygens (including phenoxy) is 2. The molecule has 0 aromatic heterocycles. The first-order chi connectivity index (χ1) is 16.9. The van der Waals surface area contributed by atoms with Gasteiger partial charge in [-0.1, -0.05) is 31.4 Å². The molecule has 1 aromatic rings. The number of benzene rings is 1. The Bertz CT molecular complexity index is 950. The van der Waals surface area contributed by atoms with Gasteiger partial charge >= 0.3 is 0 Å². The van der Waals surface area contributed by atoms with E-state index in [4.69, 9.17) is 9.47 Å². The number of fused-ring (bicyclic) bond motifs is 1. The number of carbonyl (C=O) groups is 3. The molecule has 8 heteroatoms. The highest BCUT2D eigenvalue weighted by Crippen LogP contribution is 2.36. The molecule has 190 valence electrons. The van der Waals surface area contributed by atoms with Crippen LogP contribution in [0, 0.1) is 0 Å². The number of carbonyl (C=O) groups excluding carboxylic acids is 3. The number of likely N-dealkylation sites (tertiary alicyclic amines) is 2. The number of piperidine rings is 1. The van der Waals surface area contributed by atoms with Gasteiger partial charge in [-0.05, 0) is 69.4 Å². The number of methoxy groups -OCH3 is 1. The maximum absolute atomic E-state index is 14.0. The monoisotopic (exact) mass is 483 g/mol. The number of rotatable bonds is 5. The molecule has 8 nitrogen and oxygen atoms in total. The number of nitrogens with zero attached hydrogens (tertiary/aromatic N) is 2. The summed E-state index contributed by atoms with van der Waals surface area (Å²) >= 11 is 0. The van der Waals surface area contributed by atoms with E-state index in [1.807, 2.05) is 12.1 Å². The standard InChI is InChI=1S/C27H37N3O5/c1-29-14-10-19(11-15-29)18-6-8-20(9-7-18)25(32)28-27(12-4-3-5-13-27)26(33)30-16-22(34-2)24-23(30)21(31)17-35-24/h6-9,19,22-24H,3-5,10-17H2,1-2H3,(H,28,32)/t22-,23-,24-/m1/s1. The van der Waals surface area contributed by atoms with E-state index in [1.54, 1.807) is 12.0 Å². The van der Waals surface area contributed by atoms with E-state index in [-0.39, 0.29) is 30.3 Å². The Hall–Kier alpha value is -2.29. The van der Waals surface area contributed by atoms with Gasteiger partial charge in [-0.2, -0.15) is 0 Å². The molecule has 4 fully saturated rings. The maximum Gasteiger partial charge on any atom is 0.252 e. The summed E-state index contributed by atoms with van der Waals surface area (Å²) in [6.45, 7) is 2.49. The van der Waals surface area contributed by atoms with Crippen LogP contribution in [0.4, 0.5) is 0 Å². The average molecular weight is 484 g/mol. The van der Waals surface area contributed by atoms with Crippen molar-refractivity contribution in [1.29, 1.82) is 0 Å². The molecule has 3 aliphatic heterocycles. The van der Waals surface area contributed by atoms with Crippen molar-refractivity contribution < 1.29 is 23.9 Å². The van der Waals surface area contributed by atoms with Gasteiger partial charge in [0.25, 0.3) is 5.91 Å². The van der Waals surface area contributed by atoms with Crippen LogP contribution in [0.1, 0.15) is 66.8 Å². The Morgan fingerprint density at radius 1 is 1.09 bits per heavy atom. The molecule has 1 N–H and O–H groups in total. The Morgan fingerprint density at radius 2 is 1.77 bits per heavy atom. The zero-order valence-electron chi connectivity index (χ0n) is 20.8. The van der Waals surface area contributed by atoms with E-state index in [1.165, 1.54) is 5.56 Å². The van der Waals surface area contributed by atoms with Crippen molar-refractivity contribution in [3.8, 4) is 0 Å². The fourth-order valence-electron chi connectivity index (χ4n) is 6.39. The molecule has 1 aromatic carbocycles. The summed E-state index contributed by atoms with van der Waals surface area (Å²) in [4.78, 5) is 43.9. The normalized spacial score (nSPS) is 29.3. The van der Waals surface area contributed by atoms with E-state index < -0.39 is 17.7 Å². The summed E-state index contributed by atoms with van der Waals surface area (Å²) < 4.78 is 11.2. The fraction of sp³-hybridized carbons (Fsp3) is 0.667. The minimum Gasteiger partial charge on any atom is -0.377 e. The highest BCUT2D eigenvalue weighted by Gasteiger charge is 2.56. The van der Waals surface area contributed by atoms with E-state index >= 15 is 0 Å². The summed E-state index contributed by atoms with van der Waals surface area (Å²) in [6, 6.07) is 7.25. The molecule has 0 radical (unpaired) electrons. The van der Waals surface area contributed by atoms with Gasteiger partial charge in [0.05, 0.1) is 6.54 Å². The van der Waals surface area contributed by atoms with E-state index in [0.717, 1.165) is 45.2 Å². The smallest absolute Gasteiger partial charge is 0.252 e. The van der Waals surface area contributed by atoms with Gasteiger partial charge < -0.3 is 24.6 Å². The van der Waals surface area contributed by atoms with E-state index in [9.17, 15) is 14.4 Å². The second-order valence-electron chi connectivity index (χ2n) is 10.7. The summed E-state index contributed by atoms with van der Waals surface area (Å²) in [6.07, 6.45) is 5.40. The van der Waals surface area contributed by atoms with Crippen LogP contribution in [0.15, 0.2) is 24.3 Å². The molecule has 3 atom stereocenters. The van der Waals surface area contributed by atoms with Crippen LogP contribution < -0.4 is 5.32 Å². The van der Waals surface area contributed by atoms with Crippen LogP contribution >= 0.6 is 0 Å². The summed E-state index contributed by atoms with van der Waals surface area (Å²) in [7, 11) is 3.73. The number of hydrogen-bond donors (Lipinski definition) is 1.